The molecule has 0 saturated carbocycles. The standard InChI is InChI=1S/C7H13NO2/c1-3-4-5(2)6(8)7(9)10/h3,5-6H,1,4,8H2,2H3,(H,9,10)/t5-,6+/m1/s1. The summed E-state index contributed by atoms with van der Waals surface area (Å²) in [5.74, 6) is -0.982. The molecule has 0 saturated heterocycles. The van der Waals surface area contributed by atoms with Crippen LogP contribution < -0.4 is 5.73 Å². The minimum absolute atomic E-state index is 0.0324. The second-order valence-electron chi connectivity index (χ2n) is 2.37. The molecule has 0 bridgehead atoms. The van der Waals surface area contributed by atoms with Crippen LogP contribution in [0.4, 0.5) is 0 Å². The van der Waals surface area contributed by atoms with Crippen LogP contribution in [0.1, 0.15) is 13.3 Å². The summed E-state index contributed by atoms with van der Waals surface area (Å²) in [6, 6.07) is -0.766. The van der Waals surface area contributed by atoms with E-state index in [-0.39, 0.29) is 5.92 Å². The Labute approximate surface area is 60.5 Å². The lowest BCUT2D eigenvalue weighted by molar-refractivity contribution is -0.139. The molecule has 0 spiro atoms. The van der Waals surface area contributed by atoms with Gasteiger partial charge in [-0.25, -0.2) is 0 Å². The zero-order chi connectivity index (χ0) is 8.15. The van der Waals surface area contributed by atoms with Crippen molar-refractivity contribution in [2.75, 3.05) is 0 Å². The molecule has 0 unspecified atom stereocenters. The van der Waals surface area contributed by atoms with Crippen LogP contribution >= 0.6 is 0 Å². The fraction of sp³-hybridized carbons (Fsp3) is 0.571. The number of rotatable bonds is 4. The quantitative estimate of drug-likeness (QED) is 0.567. The molecule has 0 fully saturated rings. The number of allylic oxidation sites excluding steroid dienone is 1. The van der Waals surface area contributed by atoms with Crippen LogP contribution in [-0.2, 0) is 4.79 Å². The van der Waals surface area contributed by atoms with Gasteiger partial charge in [0, 0.05) is 0 Å². The molecule has 0 radical (unpaired) electrons. The van der Waals surface area contributed by atoms with E-state index in [0.29, 0.717) is 6.42 Å². The maximum Gasteiger partial charge on any atom is 0.320 e. The van der Waals surface area contributed by atoms with Crippen LogP contribution in [0, 0.1) is 5.92 Å². The second kappa shape index (κ2) is 4.06. The van der Waals surface area contributed by atoms with E-state index in [1.54, 1.807) is 13.0 Å². The van der Waals surface area contributed by atoms with E-state index in [9.17, 15) is 4.79 Å². The van der Waals surface area contributed by atoms with Gasteiger partial charge in [0.25, 0.3) is 0 Å². The Morgan fingerprint density at radius 1 is 1.90 bits per heavy atom. The molecule has 3 heteroatoms. The zero-order valence-electron chi connectivity index (χ0n) is 6.08. The monoisotopic (exact) mass is 143 g/mol. The highest BCUT2D eigenvalue weighted by Gasteiger charge is 2.17. The Kier molecular flexibility index (Phi) is 3.72. The number of aliphatic carboxylic acids is 1. The average Bonchev–Trinajstić information content (AvgIpc) is 1.87. The molecule has 0 aliphatic carbocycles. The normalized spacial score (nSPS) is 15.8. The molecule has 0 amide bonds. The number of carboxylic acids is 1. The van der Waals surface area contributed by atoms with E-state index in [2.05, 4.69) is 6.58 Å². The van der Waals surface area contributed by atoms with Crippen LogP contribution in [0.2, 0.25) is 0 Å². The molecule has 0 heterocycles. The molecule has 58 valence electrons. The summed E-state index contributed by atoms with van der Waals surface area (Å²) in [5.41, 5.74) is 5.30. The van der Waals surface area contributed by atoms with E-state index in [0.717, 1.165) is 0 Å². The SMILES string of the molecule is C=CC[C@@H](C)[C@H](N)C(=O)O. The van der Waals surface area contributed by atoms with Gasteiger partial charge in [-0.3, -0.25) is 4.79 Å². The lowest BCUT2D eigenvalue weighted by Crippen LogP contribution is -2.36. The second-order valence-corrected chi connectivity index (χ2v) is 2.37. The van der Waals surface area contributed by atoms with E-state index in [4.69, 9.17) is 10.8 Å². The van der Waals surface area contributed by atoms with Gasteiger partial charge in [0.2, 0.25) is 0 Å². The van der Waals surface area contributed by atoms with Gasteiger partial charge < -0.3 is 10.8 Å². The minimum atomic E-state index is -0.950. The van der Waals surface area contributed by atoms with Crippen molar-refractivity contribution >= 4 is 5.97 Å². The summed E-state index contributed by atoms with van der Waals surface area (Å²) in [4.78, 5) is 10.3. The van der Waals surface area contributed by atoms with E-state index >= 15 is 0 Å². The summed E-state index contributed by atoms with van der Waals surface area (Å²) in [6.07, 6.45) is 2.32. The van der Waals surface area contributed by atoms with Crippen molar-refractivity contribution in [3.63, 3.8) is 0 Å². The third kappa shape index (κ3) is 2.64. The fourth-order valence-corrected chi connectivity index (χ4v) is 0.653. The third-order valence-corrected chi connectivity index (χ3v) is 1.44. The van der Waals surface area contributed by atoms with Gasteiger partial charge in [-0.05, 0) is 12.3 Å². The van der Waals surface area contributed by atoms with Crippen molar-refractivity contribution in [2.24, 2.45) is 11.7 Å². The van der Waals surface area contributed by atoms with Crippen LogP contribution in [0.25, 0.3) is 0 Å². The molecule has 0 aromatic rings. The first kappa shape index (κ1) is 9.17. The van der Waals surface area contributed by atoms with E-state index in [1.807, 2.05) is 0 Å². The number of carboxylic acid groups (broad SMARTS) is 1. The number of hydrogen-bond donors (Lipinski definition) is 2. The van der Waals surface area contributed by atoms with Gasteiger partial charge in [-0.1, -0.05) is 13.0 Å². The molecule has 10 heavy (non-hydrogen) atoms. The maximum absolute atomic E-state index is 10.3. The van der Waals surface area contributed by atoms with Crippen molar-refractivity contribution in [1.82, 2.24) is 0 Å². The number of hydrogen-bond acceptors (Lipinski definition) is 2. The van der Waals surface area contributed by atoms with Crippen molar-refractivity contribution < 1.29 is 9.90 Å². The smallest absolute Gasteiger partial charge is 0.320 e. The summed E-state index contributed by atoms with van der Waals surface area (Å²) in [5, 5.41) is 8.42. The lowest BCUT2D eigenvalue weighted by atomic mass is 10.00. The lowest BCUT2D eigenvalue weighted by Gasteiger charge is -2.12. The predicted octanol–water partition coefficient (Wildman–Crippen LogP) is 0.611. The van der Waals surface area contributed by atoms with Gasteiger partial charge in [-0.15, -0.1) is 6.58 Å². The van der Waals surface area contributed by atoms with Crippen molar-refractivity contribution in [3.05, 3.63) is 12.7 Å². The Morgan fingerprint density at radius 3 is 2.70 bits per heavy atom. The molecule has 0 aliphatic rings. The van der Waals surface area contributed by atoms with Crippen LogP contribution in [0.5, 0.6) is 0 Å². The molecule has 0 aromatic heterocycles. The van der Waals surface area contributed by atoms with Gasteiger partial charge in [0.15, 0.2) is 0 Å². The predicted molar refractivity (Wildman–Crippen MR) is 39.6 cm³/mol. The van der Waals surface area contributed by atoms with Crippen molar-refractivity contribution in [2.45, 2.75) is 19.4 Å². The molecular formula is C7H13NO2. The van der Waals surface area contributed by atoms with Crippen LogP contribution in [0.3, 0.4) is 0 Å². The van der Waals surface area contributed by atoms with Gasteiger partial charge >= 0.3 is 5.97 Å². The molecule has 3 nitrogen and oxygen atoms in total. The molecule has 0 rings (SSSR count). The zero-order valence-corrected chi connectivity index (χ0v) is 6.08. The maximum atomic E-state index is 10.3. The van der Waals surface area contributed by atoms with E-state index < -0.39 is 12.0 Å². The fourth-order valence-electron chi connectivity index (χ4n) is 0.653. The van der Waals surface area contributed by atoms with Gasteiger partial charge in [0.1, 0.15) is 6.04 Å². The van der Waals surface area contributed by atoms with Crippen LogP contribution in [-0.4, -0.2) is 17.1 Å². The van der Waals surface area contributed by atoms with Gasteiger partial charge in [-0.2, -0.15) is 0 Å². The molecule has 2 atom stereocenters. The average molecular weight is 143 g/mol. The molecule has 0 aromatic carbocycles. The van der Waals surface area contributed by atoms with E-state index in [1.165, 1.54) is 0 Å². The van der Waals surface area contributed by atoms with Crippen LogP contribution in [0.15, 0.2) is 12.7 Å². The van der Waals surface area contributed by atoms with Gasteiger partial charge in [0.05, 0.1) is 0 Å². The molecular weight excluding hydrogens is 130 g/mol. The Balaban J connectivity index is 3.80. The highest BCUT2D eigenvalue weighted by atomic mass is 16.4. The Morgan fingerprint density at radius 2 is 2.40 bits per heavy atom. The Hall–Kier alpha value is -0.830. The third-order valence-electron chi connectivity index (χ3n) is 1.44. The highest BCUT2D eigenvalue weighted by molar-refractivity contribution is 5.73. The Bertz CT molecular complexity index is 134. The van der Waals surface area contributed by atoms with Crippen molar-refractivity contribution in [3.8, 4) is 0 Å². The first-order valence-corrected chi connectivity index (χ1v) is 3.19. The summed E-state index contributed by atoms with van der Waals surface area (Å²) >= 11 is 0. The highest BCUT2D eigenvalue weighted by Crippen LogP contribution is 2.05. The largest absolute Gasteiger partial charge is 0.480 e. The molecule has 3 N–H and O–H groups in total. The minimum Gasteiger partial charge on any atom is -0.480 e. The first-order chi connectivity index (χ1) is 4.59. The number of nitrogens with two attached hydrogens (primary N) is 1. The van der Waals surface area contributed by atoms with Crippen molar-refractivity contribution in [1.29, 1.82) is 0 Å². The first-order valence-electron chi connectivity index (χ1n) is 3.19. The molecule has 0 aliphatic heterocycles. The summed E-state index contributed by atoms with van der Waals surface area (Å²) in [6.45, 7) is 5.29. The number of carbonyl (C=O) groups is 1. The summed E-state index contributed by atoms with van der Waals surface area (Å²) in [7, 11) is 0. The summed E-state index contributed by atoms with van der Waals surface area (Å²) < 4.78 is 0. The topological polar surface area (TPSA) is 63.3 Å².